The highest BCUT2D eigenvalue weighted by molar-refractivity contribution is 5.78. The molecule has 0 radical (unpaired) electrons. The lowest BCUT2D eigenvalue weighted by Crippen LogP contribution is -2.31. The van der Waals surface area contributed by atoms with Gasteiger partial charge in [0, 0.05) is 0 Å². The van der Waals surface area contributed by atoms with Crippen LogP contribution in [0.1, 0.15) is 24.1 Å². The molecule has 0 fully saturated rings. The first-order valence-electron chi connectivity index (χ1n) is 8.06. The number of para-hydroxylation sites is 1. The summed E-state index contributed by atoms with van der Waals surface area (Å²) in [6.07, 6.45) is 3.13. The number of aromatic nitrogens is 3. The van der Waals surface area contributed by atoms with Gasteiger partial charge < -0.3 is 10.1 Å². The van der Waals surface area contributed by atoms with Crippen LogP contribution in [0.5, 0.6) is 5.75 Å². The fourth-order valence-electron chi connectivity index (χ4n) is 2.49. The van der Waals surface area contributed by atoms with E-state index in [2.05, 4.69) is 15.4 Å². The van der Waals surface area contributed by atoms with E-state index in [0.717, 1.165) is 22.6 Å². The summed E-state index contributed by atoms with van der Waals surface area (Å²) < 4.78 is 7.26. The number of hydrogen-bond donors (Lipinski definition) is 1. The molecule has 3 rings (SSSR count). The fourth-order valence-corrected chi connectivity index (χ4v) is 2.49. The molecule has 0 saturated carbocycles. The Morgan fingerprint density at radius 1 is 1.20 bits per heavy atom. The summed E-state index contributed by atoms with van der Waals surface area (Å²) in [5.41, 5.74) is 2.93. The van der Waals surface area contributed by atoms with Crippen LogP contribution in [0.25, 0.3) is 5.69 Å². The highest BCUT2D eigenvalue weighted by Gasteiger charge is 2.11. The number of amides is 1. The summed E-state index contributed by atoms with van der Waals surface area (Å²) in [5, 5.41) is 7.03. The molecular weight excluding hydrogens is 316 g/mol. The minimum atomic E-state index is -0.156. The van der Waals surface area contributed by atoms with Crippen molar-refractivity contribution >= 4 is 5.91 Å². The normalized spacial score (nSPS) is 11.8. The molecule has 0 aliphatic carbocycles. The lowest BCUT2D eigenvalue weighted by atomic mass is 10.1. The maximum Gasteiger partial charge on any atom is 0.258 e. The molecule has 0 aliphatic heterocycles. The predicted octanol–water partition coefficient (Wildman–Crippen LogP) is 2.83. The predicted molar refractivity (Wildman–Crippen MR) is 94.6 cm³/mol. The average molecular weight is 336 g/mol. The second-order valence-electron chi connectivity index (χ2n) is 5.77. The third-order valence-corrected chi connectivity index (χ3v) is 3.91. The third kappa shape index (κ3) is 4.23. The first kappa shape index (κ1) is 16.7. The molecule has 1 amide bonds. The molecular formula is C19H20N4O2. The van der Waals surface area contributed by atoms with Crippen molar-refractivity contribution in [1.82, 2.24) is 20.1 Å². The van der Waals surface area contributed by atoms with Crippen LogP contribution < -0.4 is 10.1 Å². The smallest absolute Gasteiger partial charge is 0.258 e. The second-order valence-corrected chi connectivity index (χ2v) is 5.77. The largest absolute Gasteiger partial charge is 0.484 e. The maximum absolute atomic E-state index is 12.1. The lowest BCUT2D eigenvalue weighted by Gasteiger charge is -2.15. The molecule has 1 aromatic heterocycles. The molecule has 0 saturated heterocycles. The molecule has 0 spiro atoms. The van der Waals surface area contributed by atoms with Gasteiger partial charge in [-0.05, 0) is 43.2 Å². The Hall–Kier alpha value is -3.15. The molecule has 0 unspecified atom stereocenters. The van der Waals surface area contributed by atoms with Gasteiger partial charge in [0.2, 0.25) is 0 Å². The number of aryl methyl sites for hydroxylation is 1. The molecule has 0 aliphatic rings. The summed E-state index contributed by atoms with van der Waals surface area (Å²) >= 11 is 0. The number of benzene rings is 2. The summed E-state index contributed by atoms with van der Waals surface area (Å²) in [4.78, 5) is 16.0. The highest BCUT2D eigenvalue weighted by atomic mass is 16.5. The van der Waals surface area contributed by atoms with Crippen LogP contribution in [-0.2, 0) is 4.79 Å². The van der Waals surface area contributed by atoms with E-state index in [1.165, 1.54) is 6.33 Å². The van der Waals surface area contributed by atoms with Gasteiger partial charge >= 0.3 is 0 Å². The Labute approximate surface area is 146 Å². The number of hydrogen-bond acceptors (Lipinski definition) is 4. The zero-order valence-electron chi connectivity index (χ0n) is 14.2. The van der Waals surface area contributed by atoms with E-state index in [1.54, 1.807) is 11.0 Å². The molecule has 25 heavy (non-hydrogen) atoms. The summed E-state index contributed by atoms with van der Waals surface area (Å²) in [6, 6.07) is 15.3. The SMILES string of the molecule is Cc1ccccc1OCC(=O)N[C@H](C)c1ccc(-n2cncn2)cc1. The summed E-state index contributed by atoms with van der Waals surface area (Å²) in [7, 11) is 0. The van der Waals surface area contributed by atoms with Crippen LogP contribution in [0.2, 0.25) is 0 Å². The van der Waals surface area contributed by atoms with Crippen LogP contribution in [0, 0.1) is 6.92 Å². The number of nitrogens with one attached hydrogen (secondary N) is 1. The highest BCUT2D eigenvalue weighted by Crippen LogP contribution is 2.17. The van der Waals surface area contributed by atoms with Crippen molar-refractivity contribution < 1.29 is 9.53 Å². The van der Waals surface area contributed by atoms with Crippen LogP contribution in [0.3, 0.4) is 0 Å². The molecule has 0 bridgehead atoms. The maximum atomic E-state index is 12.1. The van der Waals surface area contributed by atoms with Crippen molar-refractivity contribution in [2.24, 2.45) is 0 Å². The van der Waals surface area contributed by atoms with E-state index in [9.17, 15) is 4.79 Å². The van der Waals surface area contributed by atoms with Crippen molar-refractivity contribution in [3.8, 4) is 11.4 Å². The van der Waals surface area contributed by atoms with Gasteiger partial charge in [0.15, 0.2) is 6.61 Å². The number of carbonyl (C=O) groups is 1. The fraction of sp³-hybridized carbons (Fsp3) is 0.211. The van der Waals surface area contributed by atoms with Gasteiger partial charge in [-0.25, -0.2) is 9.67 Å². The second kappa shape index (κ2) is 7.61. The Morgan fingerprint density at radius 2 is 1.96 bits per heavy atom. The topological polar surface area (TPSA) is 69.0 Å². The van der Waals surface area contributed by atoms with Crippen LogP contribution in [0.4, 0.5) is 0 Å². The van der Waals surface area contributed by atoms with Gasteiger partial charge in [-0.3, -0.25) is 4.79 Å². The quantitative estimate of drug-likeness (QED) is 0.751. The lowest BCUT2D eigenvalue weighted by molar-refractivity contribution is -0.123. The Kier molecular flexibility index (Phi) is 5.09. The Morgan fingerprint density at radius 3 is 2.64 bits per heavy atom. The van der Waals surface area contributed by atoms with E-state index < -0.39 is 0 Å². The van der Waals surface area contributed by atoms with E-state index >= 15 is 0 Å². The minimum absolute atomic E-state index is 0.00770. The van der Waals surface area contributed by atoms with Gasteiger partial charge in [0.25, 0.3) is 5.91 Å². The van der Waals surface area contributed by atoms with E-state index in [0.29, 0.717) is 0 Å². The van der Waals surface area contributed by atoms with Crippen molar-refractivity contribution in [3.05, 3.63) is 72.3 Å². The molecule has 2 aromatic carbocycles. The van der Waals surface area contributed by atoms with E-state index in [1.807, 2.05) is 62.4 Å². The van der Waals surface area contributed by atoms with E-state index in [-0.39, 0.29) is 18.6 Å². The zero-order valence-corrected chi connectivity index (χ0v) is 14.2. The third-order valence-electron chi connectivity index (χ3n) is 3.91. The molecule has 6 nitrogen and oxygen atoms in total. The van der Waals surface area contributed by atoms with Crippen LogP contribution in [-0.4, -0.2) is 27.3 Å². The summed E-state index contributed by atoms with van der Waals surface area (Å²) in [5.74, 6) is 0.568. The average Bonchev–Trinajstić information content (AvgIpc) is 3.16. The summed E-state index contributed by atoms with van der Waals surface area (Å²) in [6.45, 7) is 3.88. The van der Waals surface area contributed by atoms with Gasteiger partial charge in [-0.15, -0.1) is 0 Å². The first-order chi connectivity index (χ1) is 12.1. The van der Waals surface area contributed by atoms with Gasteiger partial charge in [-0.2, -0.15) is 5.10 Å². The zero-order chi connectivity index (χ0) is 17.6. The molecule has 3 aromatic rings. The molecule has 128 valence electrons. The van der Waals surface area contributed by atoms with Gasteiger partial charge in [0.1, 0.15) is 18.4 Å². The van der Waals surface area contributed by atoms with Crippen molar-refractivity contribution in [3.63, 3.8) is 0 Å². The van der Waals surface area contributed by atoms with Crippen LogP contribution in [0.15, 0.2) is 61.2 Å². The molecule has 6 heteroatoms. The van der Waals surface area contributed by atoms with E-state index in [4.69, 9.17) is 4.74 Å². The number of nitrogens with zero attached hydrogens (tertiary/aromatic N) is 3. The van der Waals surface area contributed by atoms with Crippen LogP contribution >= 0.6 is 0 Å². The Bertz CT molecular complexity index is 829. The standard InChI is InChI=1S/C19H20N4O2/c1-14-5-3-4-6-18(14)25-11-19(24)22-15(2)16-7-9-17(10-8-16)23-13-20-12-21-23/h3-10,12-13,15H,11H2,1-2H3,(H,22,24)/t15-/m1/s1. The number of carbonyl (C=O) groups excluding carboxylic acids is 1. The van der Waals surface area contributed by atoms with Crippen molar-refractivity contribution in [2.45, 2.75) is 19.9 Å². The van der Waals surface area contributed by atoms with Crippen molar-refractivity contribution in [2.75, 3.05) is 6.61 Å². The molecule has 1 N–H and O–H groups in total. The Balaban J connectivity index is 1.55. The van der Waals surface area contributed by atoms with Gasteiger partial charge in [0.05, 0.1) is 11.7 Å². The molecule has 1 heterocycles. The van der Waals surface area contributed by atoms with Crippen molar-refractivity contribution in [1.29, 1.82) is 0 Å². The number of ether oxygens (including phenoxy) is 1. The number of rotatable bonds is 6. The first-order valence-corrected chi connectivity index (χ1v) is 8.06. The van der Waals surface area contributed by atoms with Gasteiger partial charge in [-0.1, -0.05) is 30.3 Å². The minimum Gasteiger partial charge on any atom is -0.484 e. The monoisotopic (exact) mass is 336 g/mol. The molecule has 1 atom stereocenters.